The first-order valence-electron chi connectivity index (χ1n) is 11.9. The molecular formula is C24H30N8O7. The lowest BCUT2D eigenvalue weighted by molar-refractivity contribution is -0.142. The number of carboxylic acids is 1. The van der Waals surface area contributed by atoms with Crippen molar-refractivity contribution >= 4 is 40.5 Å². The Balaban J connectivity index is 1.81. The highest BCUT2D eigenvalue weighted by molar-refractivity contribution is 5.96. The van der Waals surface area contributed by atoms with Crippen molar-refractivity contribution in [2.24, 2.45) is 11.5 Å². The summed E-state index contributed by atoms with van der Waals surface area (Å²) in [4.78, 5) is 71.7. The van der Waals surface area contributed by atoms with Crippen LogP contribution in [0.25, 0.3) is 10.9 Å². The molecule has 0 aliphatic carbocycles. The van der Waals surface area contributed by atoms with E-state index in [-0.39, 0.29) is 12.8 Å². The number of fused-ring (bicyclic) bond motifs is 1. The standard InChI is InChI=1S/C24H30N8O7/c25-15(10-33)21(35)30-17(5-12-8-28-16-4-2-1-3-14(12)16)22(36)31-18(7-20(26)34)23(37)32-19(24(38)39)6-13-9-27-11-29-13/h1-4,8-9,11,15,17-19,28,33H,5-7,10,25H2,(H2,26,34)(H,27,29)(H,30,35)(H,31,36)(H,32,37)(H,38,39). The van der Waals surface area contributed by atoms with Crippen LogP contribution in [0.1, 0.15) is 17.7 Å². The largest absolute Gasteiger partial charge is 0.480 e. The maximum absolute atomic E-state index is 13.3. The Morgan fingerprint density at radius 1 is 0.923 bits per heavy atom. The van der Waals surface area contributed by atoms with Crippen LogP contribution < -0.4 is 27.4 Å². The normalized spacial score (nSPS) is 14.1. The van der Waals surface area contributed by atoms with Gasteiger partial charge in [-0.15, -0.1) is 0 Å². The minimum Gasteiger partial charge on any atom is -0.480 e. The number of aliphatic carboxylic acids is 1. The highest BCUT2D eigenvalue weighted by Gasteiger charge is 2.32. The number of imidazole rings is 1. The van der Waals surface area contributed by atoms with E-state index in [1.807, 2.05) is 18.2 Å². The Kier molecular flexibility index (Phi) is 9.72. The zero-order valence-corrected chi connectivity index (χ0v) is 20.7. The molecule has 11 N–H and O–H groups in total. The van der Waals surface area contributed by atoms with Gasteiger partial charge >= 0.3 is 5.97 Å². The van der Waals surface area contributed by atoms with Crippen molar-refractivity contribution < 1.29 is 34.2 Å². The number of nitrogens with zero attached hydrogens (tertiary/aromatic N) is 1. The van der Waals surface area contributed by atoms with Crippen LogP contribution in [0.4, 0.5) is 0 Å². The fourth-order valence-electron chi connectivity index (χ4n) is 3.86. The smallest absolute Gasteiger partial charge is 0.326 e. The fourth-order valence-corrected chi connectivity index (χ4v) is 3.86. The van der Waals surface area contributed by atoms with Crippen molar-refractivity contribution in [1.29, 1.82) is 0 Å². The topological polar surface area (TPSA) is 258 Å². The number of para-hydroxylation sites is 1. The first-order chi connectivity index (χ1) is 18.6. The van der Waals surface area contributed by atoms with E-state index in [4.69, 9.17) is 11.5 Å². The first kappa shape index (κ1) is 28.8. The van der Waals surface area contributed by atoms with E-state index in [2.05, 4.69) is 30.9 Å². The third-order valence-electron chi connectivity index (χ3n) is 5.90. The van der Waals surface area contributed by atoms with Crippen LogP contribution in [0, 0.1) is 0 Å². The van der Waals surface area contributed by atoms with Gasteiger partial charge in [-0.2, -0.15) is 0 Å². The molecule has 0 bridgehead atoms. The second-order valence-corrected chi connectivity index (χ2v) is 8.83. The summed E-state index contributed by atoms with van der Waals surface area (Å²) in [6.07, 6.45) is 3.57. The number of aliphatic hydroxyl groups is 1. The van der Waals surface area contributed by atoms with Gasteiger partial charge in [0.25, 0.3) is 0 Å². The Hall–Kier alpha value is -4.76. The minimum absolute atomic E-state index is 0.0395. The lowest BCUT2D eigenvalue weighted by Crippen LogP contribution is -2.58. The van der Waals surface area contributed by atoms with E-state index in [9.17, 15) is 34.2 Å². The van der Waals surface area contributed by atoms with Crippen LogP contribution in [-0.2, 0) is 36.8 Å². The van der Waals surface area contributed by atoms with E-state index < -0.39 is 66.8 Å². The number of aromatic nitrogens is 3. The quantitative estimate of drug-likeness (QED) is 0.103. The van der Waals surface area contributed by atoms with E-state index in [0.29, 0.717) is 11.3 Å². The second kappa shape index (κ2) is 13.2. The Labute approximate surface area is 221 Å². The van der Waals surface area contributed by atoms with E-state index in [1.54, 1.807) is 12.3 Å². The molecule has 3 aromatic rings. The average Bonchev–Trinajstić information content (AvgIpc) is 3.56. The molecule has 2 aromatic heterocycles. The lowest BCUT2D eigenvalue weighted by atomic mass is 10.0. The number of hydrogen-bond donors (Lipinski definition) is 9. The van der Waals surface area contributed by atoms with Crippen LogP contribution >= 0.6 is 0 Å². The number of hydrogen-bond acceptors (Lipinski definition) is 8. The molecule has 15 nitrogen and oxygen atoms in total. The van der Waals surface area contributed by atoms with Crippen molar-refractivity contribution in [2.45, 2.75) is 43.4 Å². The van der Waals surface area contributed by atoms with Gasteiger partial charge in [-0.05, 0) is 11.6 Å². The van der Waals surface area contributed by atoms with Gasteiger partial charge in [-0.1, -0.05) is 18.2 Å². The third kappa shape index (κ3) is 7.86. The number of rotatable bonds is 14. The number of aromatic amines is 2. The number of carbonyl (C=O) groups excluding carboxylic acids is 4. The molecule has 0 saturated carbocycles. The summed E-state index contributed by atoms with van der Waals surface area (Å²) in [6, 6.07) is 1.70. The summed E-state index contributed by atoms with van der Waals surface area (Å²) in [7, 11) is 0. The number of H-pyrrole nitrogens is 2. The predicted molar refractivity (Wildman–Crippen MR) is 137 cm³/mol. The highest BCUT2D eigenvalue weighted by atomic mass is 16.4. The molecule has 15 heteroatoms. The number of amides is 4. The number of nitrogens with one attached hydrogen (secondary N) is 5. The van der Waals surface area contributed by atoms with E-state index in [1.165, 1.54) is 12.5 Å². The Morgan fingerprint density at radius 2 is 1.59 bits per heavy atom. The zero-order valence-electron chi connectivity index (χ0n) is 20.7. The summed E-state index contributed by atoms with van der Waals surface area (Å²) < 4.78 is 0. The van der Waals surface area contributed by atoms with Crippen LogP contribution in [0.5, 0.6) is 0 Å². The monoisotopic (exact) mass is 542 g/mol. The van der Waals surface area contributed by atoms with Crippen molar-refractivity contribution in [1.82, 2.24) is 30.9 Å². The number of carboxylic acid groups (broad SMARTS) is 1. The summed E-state index contributed by atoms with van der Waals surface area (Å²) in [5.41, 5.74) is 12.7. The number of carbonyl (C=O) groups is 5. The van der Waals surface area contributed by atoms with Gasteiger partial charge in [0.05, 0.1) is 19.4 Å². The number of benzene rings is 1. The number of primary amides is 1. The van der Waals surface area contributed by atoms with Crippen molar-refractivity contribution in [3.8, 4) is 0 Å². The maximum Gasteiger partial charge on any atom is 0.326 e. The Bertz CT molecular complexity index is 1320. The fraction of sp³-hybridized carbons (Fsp3) is 0.333. The summed E-state index contributed by atoms with van der Waals surface area (Å²) >= 11 is 0. The molecule has 208 valence electrons. The Morgan fingerprint density at radius 3 is 2.23 bits per heavy atom. The van der Waals surface area contributed by atoms with Crippen molar-refractivity contribution in [2.75, 3.05) is 6.61 Å². The van der Waals surface area contributed by atoms with Crippen LogP contribution in [0.2, 0.25) is 0 Å². The van der Waals surface area contributed by atoms with Crippen LogP contribution in [0.15, 0.2) is 43.0 Å². The van der Waals surface area contributed by atoms with Gasteiger partial charge in [0.15, 0.2) is 0 Å². The van der Waals surface area contributed by atoms with Crippen LogP contribution in [-0.4, -0.2) is 85.5 Å². The molecule has 1 aromatic carbocycles. The molecule has 0 spiro atoms. The highest BCUT2D eigenvalue weighted by Crippen LogP contribution is 2.19. The molecule has 0 fully saturated rings. The number of nitrogens with two attached hydrogens (primary N) is 2. The molecule has 0 aliphatic rings. The molecule has 2 heterocycles. The maximum atomic E-state index is 13.3. The van der Waals surface area contributed by atoms with Crippen LogP contribution in [0.3, 0.4) is 0 Å². The summed E-state index contributed by atoms with van der Waals surface area (Å²) in [5.74, 6) is -4.95. The lowest BCUT2D eigenvalue weighted by Gasteiger charge is -2.24. The van der Waals surface area contributed by atoms with Gasteiger partial charge in [0, 0.05) is 41.8 Å². The summed E-state index contributed by atoms with van der Waals surface area (Å²) in [5, 5.41) is 26.7. The van der Waals surface area contributed by atoms with E-state index in [0.717, 1.165) is 10.9 Å². The third-order valence-corrected chi connectivity index (χ3v) is 5.90. The SMILES string of the molecule is NC(=O)CC(NC(=O)C(Cc1c[nH]c2ccccc12)NC(=O)C(N)CO)C(=O)NC(Cc1cnc[nH]1)C(=O)O. The van der Waals surface area contributed by atoms with Gasteiger partial charge in [0.1, 0.15) is 24.2 Å². The minimum atomic E-state index is -1.55. The molecular weight excluding hydrogens is 512 g/mol. The zero-order chi connectivity index (χ0) is 28.5. The molecule has 0 aliphatic heterocycles. The molecule has 39 heavy (non-hydrogen) atoms. The van der Waals surface area contributed by atoms with Gasteiger partial charge < -0.3 is 47.6 Å². The summed E-state index contributed by atoms with van der Waals surface area (Å²) in [6.45, 7) is -0.674. The predicted octanol–water partition coefficient (Wildman–Crippen LogP) is -2.59. The average molecular weight is 543 g/mol. The van der Waals surface area contributed by atoms with Crippen molar-refractivity contribution in [3.05, 3.63) is 54.2 Å². The van der Waals surface area contributed by atoms with Gasteiger partial charge in [0.2, 0.25) is 23.6 Å². The van der Waals surface area contributed by atoms with E-state index >= 15 is 0 Å². The first-order valence-corrected chi connectivity index (χ1v) is 11.9. The molecule has 0 radical (unpaired) electrons. The second-order valence-electron chi connectivity index (χ2n) is 8.83. The number of aliphatic hydroxyl groups excluding tert-OH is 1. The molecule has 3 rings (SSSR count). The molecule has 4 amide bonds. The van der Waals surface area contributed by atoms with Gasteiger partial charge in [-0.3, -0.25) is 19.2 Å². The molecule has 4 unspecified atom stereocenters. The van der Waals surface area contributed by atoms with Gasteiger partial charge in [-0.25, -0.2) is 9.78 Å². The molecule has 0 saturated heterocycles. The molecule has 4 atom stereocenters. The van der Waals surface area contributed by atoms with Crippen molar-refractivity contribution in [3.63, 3.8) is 0 Å².